The molecular formula is C18H24Br2N2O2. The van der Waals surface area contributed by atoms with Crippen LogP contribution < -0.4 is 20.9 Å². The molecule has 24 heavy (non-hydrogen) atoms. The van der Waals surface area contributed by atoms with Crippen LogP contribution in [0.1, 0.15) is 12.8 Å². The molecule has 0 aliphatic heterocycles. The van der Waals surface area contributed by atoms with Crippen molar-refractivity contribution in [3.63, 3.8) is 0 Å². The van der Waals surface area contributed by atoms with Crippen molar-refractivity contribution in [1.29, 1.82) is 0 Å². The van der Waals surface area contributed by atoms with E-state index < -0.39 is 0 Å². The molecule has 0 aliphatic carbocycles. The predicted molar refractivity (Wildman–Crippen MR) is 110 cm³/mol. The first kappa shape index (κ1) is 20.6. The summed E-state index contributed by atoms with van der Waals surface area (Å²) in [6.07, 6.45) is 1.99. The highest BCUT2D eigenvalue weighted by atomic mass is 79.9. The molecule has 0 saturated heterocycles. The van der Waals surface area contributed by atoms with E-state index in [1.165, 1.54) is 0 Å². The number of rotatable bonds is 8. The van der Waals surface area contributed by atoms with E-state index in [2.05, 4.69) is 31.9 Å². The second kappa shape index (κ2) is 13.0. The van der Waals surface area contributed by atoms with Gasteiger partial charge in [0.15, 0.2) is 0 Å². The van der Waals surface area contributed by atoms with Crippen LogP contribution in [-0.4, -0.2) is 23.9 Å². The Morgan fingerprint density at radius 3 is 1.38 bits per heavy atom. The van der Waals surface area contributed by atoms with Gasteiger partial charge >= 0.3 is 0 Å². The summed E-state index contributed by atoms with van der Waals surface area (Å²) in [4.78, 5) is 0. The molecule has 0 aromatic heterocycles. The molecule has 0 aliphatic rings. The fourth-order valence-corrected chi connectivity index (χ4v) is 2.16. The van der Waals surface area contributed by atoms with Gasteiger partial charge in [-0.3, -0.25) is 0 Å². The Bertz CT molecular complexity index is 531. The van der Waals surface area contributed by atoms with E-state index in [0.717, 1.165) is 35.0 Å². The van der Waals surface area contributed by atoms with Crippen molar-refractivity contribution in [3.8, 4) is 11.5 Å². The van der Waals surface area contributed by atoms with Crippen LogP contribution in [0.4, 0.5) is 11.4 Å². The lowest BCUT2D eigenvalue weighted by atomic mass is 10.3. The lowest BCUT2D eigenvalue weighted by Gasteiger charge is -2.06. The average molecular weight is 460 g/mol. The normalized spacial score (nSPS) is 9.75. The maximum absolute atomic E-state index is 5.67. The molecular weight excluding hydrogens is 436 g/mol. The fourth-order valence-electron chi connectivity index (χ4n) is 1.70. The second-order valence-electron chi connectivity index (χ2n) is 4.86. The molecule has 132 valence electrons. The molecule has 2 aromatic rings. The van der Waals surface area contributed by atoms with Crippen LogP contribution in [0.15, 0.2) is 48.5 Å². The number of ether oxygens (including phenoxy) is 2. The van der Waals surface area contributed by atoms with Crippen molar-refractivity contribution in [2.24, 2.45) is 0 Å². The number of anilines is 2. The van der Waals surface area contributed by atoms with Crippen molar-refractivity contribution in [2.45, 2.75) is 12.8 Å². The number of benzene rings is 2. The smallest absolute Gasteiger partial charge is 0.142 e. The van der Waals surface area contributed by atoms with Crippen molar-refractivity contribution >= 4 is 43.2 Å². The Balaban J connectivity index is 0.000000240. The third-order valence-corrected chi connectivity index (χ3v) is 4.03. The van der Waals surface area contributed by atoms with Crippen molar-refractivity contribution in [2.75, 3.05) is 35.3 Å². The first-order valence-corrected chi connectivity index (χ1v) is 10.00. The molecule has 2 aromatic carbocycles. The van der Waals surface area contributed by atoms with Crippen LogP contribution >= 0.6 is 31.9 Å². The number of nitrogen functional groups attached to an aromatic ring is 2. The highest BCUT2D eigenvalue weighted by molar-refractivity contribution is 9.09. The van der Waals surface area contributed by atoms with E-state index in [1.54, 1.807) is 0 Å². The molecule has 4 N–H and O–H groups in total. The third-order valence-electron chi connectivity index (χ3n) is 2.91. The predicted octanol–water partition coefficient (Wildman–Crippen LogP) is 4.87. The fraction of sp³-hybridized carbons (Fsp3) is 0.333. The van der Waals surface area contributed by atoms with Crippen LogP contribution in [0, 0.1) is 0 Å². The van der Waals surface area contributed by atoms with E-state index in [1.807, 2.05) is 48.5 Å². The second-order valence-corrected chi connectivity index (χ2v) is 6.44. The molecule has 0 heterocycles. The monoisotopic (exact) mass is 458 g/mol. The molecule has 0 spiro atoms. The summed E-state index contributed by atoms with van der Waals surface area (Å²) in [5, 5.41) is 1.92. The topological polar surface area (TPSA) is 70.5 Å². The van der Waals surface area contributed by atoms with E-state index >= 15 is 0 Å². The maximum Gasteiger partial charge on any atom is 0.142 e. The van der Waals surface area contributed by atoms with Crippen molar-refractivity contribution in [1.82, 2.24) is 0 Å². The standard InChI is InChI=1S/2C9H12BrNO/c2*10-6-3-7-12-9-5-2-1-4-8(9)11/h2*1-2,4-5H,3,6-7,11H2. The zero-order valence-electron chi connectivity index (χ0n) is 13.6. The summed E-state index contributed by atoms with van der Waals surface area (Å²) in [7, 11) is 0. The van der Waals surface area contributed by atoms with Crippen LogP contribution in [0.3, 0.4) is 0 Å². The van der Waals surface area contributed by atoms with Gasteiger partial charge in [0.1, 0.15) is 11.5 Å². The maximum atomic E-state index is 5.67. The Hall–Kier alpha value is -1.40. The van der Waals surface area contributed by atoms with Crippen LogP contribution in [0.25, 0.3) is 0 Å². The Labute approximate surface area is 160 Å². The molecule has 6 heteroatoms. The van der Waals surface area contributed by atoms with Gasteiger partial charge in [-0.05, 0) is 37.1 Å². The molecule has 0 radical (unpaired) electrons. The minimum absolute atomic E-state index is 0.701. The Morgan fingerprint density at radius 2 is 1.04 bits per heavy atom. The summed E-state index contributed by atoms with van der Waals surface area (Å²) >= 11 is 6.66. The van der Waals surface area contributed by atoms with Crippen molar-refractivity contribution in [3.05, 3.63) is 48.5 Å². The minimum atomic E-state index is 0.701. The SMILES string of the molecule is Nc1ccccc1OCCCBr.Nc1ccccc1OCCCBr. The number of hydrogen-bond acceptors (Lipinski definition) is 4. The molecule has 0 atom stereocenters. The van der Waals surface area contributed by atoms with E-state index in [4.69, 9.17) is 20.9 Å². The third kappa shape index (κ3) is 8.45. The Kier molecular flexibility index (Phi) is 11.1. The first-order valence-electron chi connectivity index (χ1n) is 7.75. The molecule has 2 rings (SSSR count). The van der Waals surface area contributed by atoms with Crippen LogP contribution in [0.5, 0.6) is 11.5 Å². The molecule has 0 amide bonds. The summed E-state index contributed by atoms with van der Waals surface area (Å²) in [5.74, 6) is 1.55. The van der Waals surface area contributed by atoms with Gasteiger partial charge in [-0.1, -0.05) is 56.1 Å². The van der Waals surface area contributed by atoms with Gasteiger partial charge in [0.2, 0.25) is 0 Å². The van der Waals surface area contributed by atoms with E-state index in [9.17, 15) is 0 Å². The van der Waals surface area contributed by atoms with Gasteiger partial charge in [-0.2, -0.15) is 0 Å². The summed E-state index contributed by atoms with van der Waals surface area (Å²) < 4.78 is 10.8. The largest absolute Gasteiger partial charge is 0.491 e. The molecule has 0 fully saturated rings. The first-order chi connectivity index (χ1) is 11.7. The highest BCUT2D eigenvalue weighted by Gasteiger charge is 1.97. The van der Waals surface area contributed by atoms with Gasteiger partial charge in [-0.15, -0.1) is 0 Å². The van der Waals surface area contributed by atoms with Gasteiger partial charge in [0.25, 0.3) is 0 Å². The summed E-state index contributed by atoms with van der Waals surface area (Å²) in [6.45, 7) is 1.42. The zero-order valence-corrected chi connectivity index (χ0v) is 16.8. The Morgan fingerprint density at radius 1 is 0.667 bits per heavy atom. The number of alkyl halides is 2. The molecule has 0 unspecified atom stereocenters. The van der Waals surface area contributed by atoms with Gasteiger partial charge in [-0.25, -0.2) is 0 Å². The number of halogens is 2. The lowest BCUT2D eigenvalue weighted by molar-refractivity contribution is 0.320. The molecule has 0 saturated carbocycles. The number of para-hydroxylation sites is 4. The van der Waals surface area contributed by atoms with Gasteiger partial charge in [0.05, 0.1) is 24.6 Å². The van der Waals surface area contributed by atoms with E-state index in [0.29, 0.717) is 24.6 Å². The molecule has 4 nitrogen and oxygen atoms in total. The minimum Gasteiger partial charge on any atom is -0.491 e. The van der Waals surface area contributed by atoms with Crippen LogP contribution in [0.2, 0.25) is 0 Å². The number of nitrogens with two attached hydrogens (primary N) is 2. The summed E-state index contributed by atoms with van der Waals surface area (Å²) in [5.41, 5.74) is 12.7. The van der Waals surface area contributed by atoms with E-state index in [-0.39, 0.29) is 0 Å². The lowest BCUT2D eigenvalue weighted by Crippen LogP contribution is -2.00. The average Bonchev–Trinajstić information content (AvgIpc) is 2.59. The zero-order chi connectivity index (χ0) is 17.6. The summed E-state index contributed by atoms with van der Waals surface area (Å²) in [6, 6.07) is 15.1. The molecule has 0 bridgehead atoms. The highest BCUT2D eigenvalue weighted by Crippen LogP contribution is 2.20. The van der Waals surface area contributed by atoms with Gasteiger partial charge < -0.3 is 20.9 Å². The quantitative estimate of drug-likeness (QED) is 0.335. The van der Waals surface area contributed by atoms with Crippen LogP contribution in [-0.2, 0) is 0 Å². The van der Waals surface area contributed by atoms with Gasteiger partial charge in [0, 0.05) is 10.7 Å². The number of hydrogen-bond donors (Lipinski definition) is 2. The van der Waals surface area contributed by atoms with Crippen molar-refractivity contribution < 1.29 is 9.47 Å².